The average Bonchev–Trinajstić information content (AvgIpc) is 2.36. The topological polar surface area (TPSA) is 82.1 Å². The first-order valence-electron chi connectivity index (χ1n) is 6.60. The molecule has 1 unspecified atom stereocenters. The fraction of sp³-hybridized carbons (Fsp3) is 1.00. The van der Waals surface area contributed by atoms with E-state index in [0.717, 1.165) is 13.1 Å². The Morgan fingerprint density at radius 3 is 2.63 bits per heavy atom. The van der Waals surface area contributed by atoms with Crippen molar-refractivity contribution in [2.45, 2.75) is 19.4 Å². The van der Waals surface area contributed by atoms with Crippen LogP contribution in [0.2, 0.25) is 0 Å². The van der Waals surface area contributed by atoms with Gasteiger partial charge in [-0.1, -0.05) is 0 Å². The number of aliphatic hydroxyl groups excluding tert-OH is 1. The molecule has 19 heavy (non-hydrogen) atoms. The third-order valence-electron chi connectivity index (χ3n) is 3.03. The summed E-state index contributed by atoms with van der Waals surface area (Å²) in [6.07, 6.45) is 0.440. The minimum Gasteiger partial charge on any atom is -0.396 e. The van der Waals surface area contributed by atoms with Crippen molar-refractivity contribution >= 4 is 10.2 Å². The van der Waals surface area contributed by atoms with Gasteiger partial charge >= 0.3 is 0 Å². The van der Waals surface area contributed by atoms with Gasteiger partial charge in [0.2, 0.25) is 0 Å². The number of rotatable bonds is 8. The predicted molar refractivity (Wildman–Crippen MR) is 73.1 cm³/mol. The van der Waals surface area contributed by atoms with Gasteiger partial charge in [0.1, 0.15) is 0 Å². The molecule has 0 aromatic heterocycles. The van der Waals surface area contributed by atoms with Gasteiger partial charge in [-0.15, -0.1) is 0 Å². The molecular weight excluding hydrogens is 270 g/mol. The summed E-state index contributed by atoms with van der Waals surface area (Å²) >= 11 is 0. The molecule has 1 rings (SSSR count). The van der Waals surface area contributed by atoms with Crippen molar-refractivity contribution in [3.05, 3.63) is 0 Å². The Balaban J connectivity index is 2.38. The second-order valence-corrected chi connectivity index (χ2v) is 6.64. The summed E-state index contributed by atoms with van der Waals surface area (Å²) in [5.74, 6) is 0. The number of ether oxygens (including phenoxy) is 1. The van der Waals surface area contributed by atoms with Crippen LogP contribution in [-0.4, -0.2) is 81.8 Å². The van der Waals surface area contributed by atoms with Gasteiger partial charge in [-0.3, -0.25) is 4.90 Å². The molecule has 0 saturated carbocycles. The molecule has 0 aromatic rings. The summed E-state index contributed by atoms with van der Waals surface area (Å²) < 4.78 is 33.1. The highest BCUT2D eigenvalue weighted by molar-refractivity contribution is 7.87. The molecule has 7 nitrogen and oxygen atoms in total. The highest BCUT2D eigenvalue weighted by Crippen LogP contribution is 2.02. The van der Waals surface area contributed by atoms with E-state index in [1.165, 1.54) is 11.4 Å². The third kappa shape index (κ3) is 6.15. The van der Waals surface area contributed by atoms with E-state index in [-0.39, 0.29) is 12.6 Å². The lowest BCUT2D eigenvalue weighted by Crippen LogP contribution is -2.49. The molecule has 0 aromatic carbocycles. The molecule has 0 amide bonds. The van der Waals surface area contributed by atoms with Crippen LogP contribution in [0.3, 0.4) is 0 Å². The summed E-state index contributed by atoms with van der Waals surface area (Å²) in [5.41, 5.74) is 0. The smallest absolute Gasteiger partial charge is 0.279 e. The molecule has 1 saturated heterocycles. The number of hydrogen-bond donors (Lipinski definition) is 2. The molecule has 114 valence electrons. The van der Waals surface area contributed by atoms with Gasteiger partial charge in [0.15, 0.2) is 0 Å². The Labute approximate surface area is 115 Å². The normalized spacial score (nSPS) is 19.8. The van der Waals surface area contributed by atoms with E-state index in [9.17, 15) is 8.42 Å². The monoisotopic (exact) mass is 295 g/mol. The Morgan fingerprint density at radius 1 is 1.42 bits per heavy atom. The van der Waals surface area contributed by atoms with E-state index in [4.69, 9.17) is 9.84 Å². The molecule has 0 spiro atoms. The van der Waals surface area contributed by atoms with Crippen molar-refractivity contribution in [3.63, 3.8) is 0 Å². The summed E-state index contributed by atoms with van der Waals surface area (Å²) in [7, 11) is -1.95. The Kier molecular flexibility index (Phi) is 7.19. The van der Waals surface area contributed by atoms with Gasteiger partial charge in [-0.25, -0.2) is 0 Å². The second kappa shape index (κ2) is 8.13. The first-order valence-corrected chi connectivity index (χ1v) is 8.04. The van der Waals surface area contributed by atoms with E-state index in [1.807, 2.05) is 6.92 Å². The van der Waals surface area contributed by atoms with Gasteiger partial charge in [0.25, 0.3) is 10.2 Å². The van der Waals surface area contributed by atoms with Crippen LogP contribution in [0.25, 0.3) is 0 Å². The van der Waals surface area contributed by atoms with Crippen molar-refractivity contribution in [1.82, 2.24) is 13.9 Å². The molecule has 1 atom stereocenters. The zero-order valence-corrected chi connectivity index (χ0v) is 12.5. The van der Waals surface area contributed by atoms with E-state index < -0.39 is 10.2 Å². The van der Waals surface area contributed by atoms with Crippen molar-refractivity contribution in [2.24, 2.45) is 0 Å². The lowest BCUT2D eigenvalue weighted by Gasteiger charge is -2.30. The van der Waals surface area contributed by atoms with Crippen LogP contribution >= 0.6 is 0 Å². The Hall–Kier alpha value is -0.250. The van der Waals surface area contributed by atoms with Gasteiger partial charge in [0.05, 0.1) is 13.2 Å². The minimum absolute atomic E-state index is 0.0107. The van der Waals surface area contributed by atoms with Crippen molar-refractivity contribution in [2.75, 3.05) is 53.0 Å². The van der Waals surface area contributed by atoms with Crippen LogP contribution in [0.5, 0.6) is 0 Å². The molecule has 0 bridgehead atoms. The Morgan fingerprint density at radius 2 is 2.05 bits per heavy atom. The van der Waals surface area contributed by atoms with Crippen LogP contribution in [0.4, 0.5) is 0 Å². The van der Waals surface area contributed by atoms with Crippen molar-refractivity contribution < 1.29 is 18.3 Å². The quantitative estimate of drug-likeness (QED) is 0.591. The minimum atomic E-state index is -3.47. The van der Waals surface area contributed by atoms with Gasteiger partial charge in [0, 0.05) is 45.9 Å². The van der Waals surface area contributed by atoms with Crippen LogP contribution in [-0.2, 0) is 14.9 Å². The number of hydrogen-bond acceptors (Lipinski definition) is 5. The van der Waals surface area contributed by atoms with E-state index >= 15 is 0 Å². The molecule has 0 radical (unpaired) electrons. The molecule has 2 N–H and O–H groups in total. The number of nitrogens with one attached hydrogen (secondary N) is 1. The maximum absolute atomic E-state index is 12.0. The molecule has 1 heterocycles. The maximum Gasteiger partial charge on any atom is 0.279 e. The molecule has 1 aliphatic rings. The lowest BCUT2D eigenvalue weighted by molar-refractivity contribution is 0.0353. The molecule has 0 aliphatic carbocycles. The molecule has 1 fully saturated rings. The standard InChI is InChI=1S/C11H25N3O4S/c1-11(10-14-5-8-18-9-6-14)12-19(16,17)13(2)4-3-7-15/h11-12,15H,3-10H2,1-2H3. The fourth-order valence-corrected chi connectivity index (χ4v) is 3.10. The SMILES string of the molecule is CC(CN1CCOCC1)NS(=O)(=O)N(C)CCCO. The number of morpholine rings is 1. The van der Waals surface area contributed by atoms with E-state index in [1.54, 1.807) is 0 Å². The van der Waals surface area contributed by atoms with Gasteiger partial charge in [-0.2, -0.15) is 17.4 Å². The third-order valence-corrected chi connectivity index (χ3v) is 4.73. The number of aliphatic hydroxyl groups is 1. The summed E-state index contributed by atoms with van der Waals surface area (Å²) in [6.45, 7) is 5.92. The number of nitrogens with zero attached hydrogens (tertiary/aromatic N) is 2. The summed E-state index contributed by atoms with van der Waals surface area (Å²) in [5, 5.41) is 8.72. The Bertz CT molecular complexity index is 344. The van der Waals surface area contributed by atoms with Crippen LogP contribution < -0.4 is 4.72 Å². The summed E-state index contributed by atoms with van der Waals surface area (Å²) in [4.78, 5) is 2.18. The van der Waals surface area contributed by atoms with E-state index in [0.29, 0.717) is 32.7 Å². The fourth-order valence-electron chi connectivity index (χ4n) is 1.97. The van der Waals surface area contributed by atoms with Gasteiger partial charge in [-0.05, 0) is 13.3 Å². The second-order valence-electron chi connectivity index (χ2n) is 4.84. The lowest BCUT2D eigenvalue weighted by atomic mass is 10.3. The van der Waals surface area contributed by atoms with Crippen LogP contribution in [0.1, 0.15) is 13.3 Å². The molecule has 8 heteroatoms. The average molecular weight is 295 g/mol. The zero-order valence-electron chi connectivity index (χ0n) is 11.7. The van der Waals surface area contributed by atoms with Crippen LogP contribution in [0, 0.1) is 0 Å². The predicted octanol–water partition coefficient (Wildman–Crippen LogP) is -1.14. The van der Waals surface area contributed by atoms with Crippen molar-refractivity contribution in [1.29, 1.82) is 0 Å². The first-order chi connectivity index (χ1) is 8.95. The van der Waals surface area contributed by atoms with E-state index in [2.05, 4.69) is 9.62 Å². The zero-order chi connectivity index (χ0) is 14.3. The van der Waals surface area contributed by atoms with Crippen molar-refractivity contribution in [3.8, 4) is 0 Å². The van der Waals surface area contributed by atoms with Gasteiger partial charge < -0.3 is 9.84 Å². The first kappa shape index (κ1) is 16.8. The molecular formula is C11H25N3O4S. The molecule has 1 aliphatic heterocycles. The summed E-state index contributed by atoms with van der Waals surface area (Å²) in [6, 6.07) is -0.153. The highest BCUT2D eigenvalue weighted by atomic mass is 32.2. The largest absolute Gasteiger partial charge is 0.396 e. The maximum atomic E-state index is 12.0. The van der Waals surface area contributed by atoms with Crippen LogP contribution in [0.15, 0.2) is 0 Å². The highest BCUT2D eigenvalue weighted by Gasteiger charge is 2.21.